The Morgan fingerprint density at radius 3 is 2.62 bits per heavy atom. The number of alkyl halides is 3. The first-order valence-corrected chi connectivity index (χ1v) is 7.76. The predicted octanol–water partition coefficient (Wildman–Crippen LogP) is 3.33. The number of carbonyl (C=O) groups is 1. The molecule has 2 aromatic rings. The van der Waals surface area contributed by atoms with Crippen LogP contribution in [0.15, 0.2) is 35.1 Å². The maximum Gasteiger partial charge on any atom is 0.406 e. The van der Waals surface area contributed by atoms with E-state index in [1.807, 2.05) is 0 Å². The highest BCUT2D eigenvalue weighted by Gasteiger charge is 2.41. The van der Waals surface area contributed by atoms with Crippen LogP contribution in [-0.4, -0.2) is 34.6 Å². The molecule has 0 aliphatic heterocycles. The third-order valence-corrected chi connectivity index (χ3v) is 4.39. The first-order chi connectivity index (χ1) is 11.3. The molecule has 0 radical (unpaired) electrons. The van der Waals surface area contributed by atoms with E-state index in [-0.39, 0.29) is 11.5 Å². The van der Waals surface area contributed by atoms with Crippen molar-refractivity contribution in [2.24, 2.45) is 5.92 Å². The lowest BCUT2D eigenvalue weighted by Gasteiger charge is -2.30. The van der Waals surface area contributed by atoms with Gasteiger partial charge >= 0.3 is 6.18 Å². The van der Waals surface area contributed by atoms with Crippen LogP contribution < -0.4 is 5.56 Å². The number of amides is 1. The summed E-state index contributed by atoms with van der Waals surface area (Å²) in [6.07, 6.45) is -2.85. The van der Waals surface area contributed by atoms with Gasteiger partial charge in [-0.25, -0.2) is 0 Å². The smallest absolute Gasteiger partial charge is 0.327 e. The van der Waals surface area contributed by atoms with Crippen molar-refractivity contribution in [3.8, 4) is 0 Å². The molecule has 1 aromatic carbocycles. The first-order valence-electron chi connectivity index (χ1n) is 7.76. The zero-order chi connectivity index (χ0) is 17.5. The van der Waals surface area contributed by atoms with Gasteiger partial charge in [0.25, 0.3) is 5.91 Å². The second kappa shape index (κ2) is 5.96. The first kappa shape index (κ1) is 16.5. The number of aromatic nitrogens is 1. The van der Waals surface area contributed by atoms with Crippen LogP contribution in [0.3, 0.4) is 0 Å². The average Bonchev–Trinajstić information content (AvgIpc) is 3.34. The van der Waals surface area contributed by atoms with Gasteiger partial charge < -0.3 is 9.88 Å². The minimum atomic E-state index is -4.49. The Morgan fingerprint density at radius 2 is 2.00 bits per heavy atom. The highest BCUT2D eigenvalue weighted by Crippen LogP contribution is 2.37. The molecule has 0 spiro atoms. The molecular formula is C17H17F3N2O2. The quantitative estimate of drug-likeness (QED) is 0.930. The topological polar surface area (TPSA) is 53.2 Å². The lowest BCUT2D eigenvalue weighted by atomic mass is 10.1. The van der Waals surface area contributed by atoms with Gasteiger partial charge in [-0.05, 0) is 31.7 Å². The Labute approximate surface area is 136 Å². The van der Waals surface area contributed by atoms with E-state index in [1.54, 1.807) is 31.2 Å². The van der Waals surface area contributed by atoms with Crippen LogP contribution in [0.5, 0.6) is 0 Å². The monoisotopic (exact) mass is 338 g/mol. The number of carbonyl (C=O) groups excluding carboxylic acids is 1. The van der Waals surface area contributed by atoms with Gasteiger partial charge in [0.2, 0.25) is 5.56 Å². The van der Waals surface area contributed by atoms with E-state index in [0.29, 0.717) is 10.9 Å². The lowest BCUT2D eigenvalue weighted by molar-refractivity contribution is -0.144. The molecule has 1 aliphatic carbocycles. The summed E-state index contributed by atoms with van der Waals surface area (Å²) in [6.45, 7) is 0.321. The van der Waals surface area contributed by atoms with Gasteiger partial charge in [0.1, 0.15) is 6.54 Å². The molecule has 1 aromatic heterocycles. The van der Waals surface area contributed by atoms with Crippen molar-refractivity contribution in [1.82, 2.24) is 9.88 Å². The molecule has 7 heteroatoms. The van der Waals surface area contributed by atoms with E-state index < -0.39 is 30.2 Å². The van der Waals surface area contributed by atoms with Gasteiger partial charge in [-0.2, -0.15) is 13.2 Å². The minimum Gasteiger partial charge on any atom is -0.327 e. The van der Waals surface area contributed by atoms with Crippen molar-refractivity contribution in [3.63, 3.8) is 0 Å². The summed E-state index contributed by atoms with van der Waals surface area (Å²) in [7, 11) is 0. The second-order valence-electron chi connectivity index (χ2n) is 6.22. The number of H-pyrrole nitrogens is 1. The molecule has 3 rings (SSSR count). The Bertz CT molecular complexity index is 824. The number of hydrogen-bond acceptors (Lipinski definition) is 2. The van der Waals surface area contributed by atoms with Crippen LogP contribution in [-0.2, 0) is 0 Å². The molecule has 0 unspecified atom stereocenters. The third-order valence-electron chi connectivity index (χ3n) is 4.39. The second-order valence-corrected chi connectivity index (χ2v) is 6.22. The Morgan fingerprint density at radius 1 is 1.33 bits per heavy atom. The summed E-state index contributed by atoms with van der Waals surface area (Å²) in [4.78, 5) is 28.1. The van der Waals surface area contributed by atoms with Crippen molar-refractivity contribution in [2.45, 2.75) is 32.0 Å². The van der Waals surface area contributed by atoms with Crippen molar-refractivity contribution < 1.29 is 18.0 Å². The van der Waals surface area contributed by atoms with Crippen molar-refractivity contribution >= 4 is 16.8 Å². The molecule has 1 aliphatic rings. The van der Waals surface area contributed by atoms with Crippen LogP contribution in [0.4, 0.5) is 13.2 Å². The fourth-order valence-electron chi connectivity index (χ4n) is 2.96. The van der Waals surface area contributed by atoms with E-state index in [2.05, 4.69) is 4.98 Å². The summed E-state index contributed by atoms with van der Waals surface area (Å²) in [5.41, 5.74) is -0.0754. The lowest BCUT2D eigenvalue weighted by Crippen LogP contribution is -2.45. The number of halogens is 3. The molecule has 0 saturated heterocycles. The molecule has 0 bridgehead atoms. The van der Waals surface area contributed by atoms with E-state index in [1.165, 1.54) is 0 Å². The summed E-state index contributed by atoms with van der Waals surface area (Å²) < 4.78 is 38.9. The number of nitrogens with zero attached hydrogens (tertiary/aromatic N) is 1. The number of para-hydroxylation sites is 1. The van der Waals surface area contributed by atoms with E-state index in [0.717, 1.165) is 23.8 Å². The molecular weight excluding hydrogens is 321 g/mol. The molecule has 1 heterocycles. The maximum atomic E-state index is 13.0. The SMILES string of the molecule is C[C@H](C1CC1)N(CC(F)(F)F)C(=O)c1cc(=O)[nH]c2ccccc12. The van der Waals surface area contributed by atoms with Crippen LogP contribution in [0, 0.1) is 5.92 Å². The number of rotatable bonds is 4. The molecule has 1 fully saturated rings. The summed E-state index contributed by atoms with van der Waals surface area (Å²) in [5, 5.41) is 0.442. The average molecular weight is 338 g/mol. The number of fused-ring (bicyclic) bond motifs is 1. The van der Waals surface area contributed by atoms with E-state index in [4.69, 9.17) is 0 Å². The maximum absolute atomic E-state index is 13.0. The minimum absolute atomic E-state index is 0.00565. The molecule has 1 atom stereocenters. The number of nitrogens with one attached hydrogen (secondary N) is 1. The predicted molar refractivity (Wildman–Crippen MR) is 83.8 cm³/mol. The zero-order valence-corrected chi connectivity index (χ0v) is 13.1. The summed E-state index contributed by atoms with van der Waals surface area (Å²) >= 11 is 0. The Balaban J connectivity index is 2.05. The fraction of sp³-hybridized carbons (Fsp3) is 0.412. The van der Waals surface area contributed by atoms with Crippen LogP contribution in [0.25, 0.3) is 10.9 Å². The van der Waals surface area contributed by atoms with Crippen LogP contribution >= 0.6 is 0 Å². The van der Waals surface area contributed by atoms with Gasteiger partial charge in [-0.3, -0.25) is 9.59 Å². The summed E-state index contributed by atoms with van der Waals surface area (Å²) in [5.74, 6) is -0.668. The number of pyridine rings is 1. The van der Waals surface area contributed by atoms with Crippen molar-refractivity contribution in [3.05, 3.63) is 46.2 Å². The third kappa shape index (κ3) is 3.44. The number of aromatic amines is 1. The van der Waals surface area contributed by atoms with E-state index in [9.17, 15) is 22.8 Å². The number of benzene rings is 1. The van der Waals surface area contributed by atoms with Gasteiger partial charge in [0.15, 0.2) is 0 Å². The molecule has 24 heavy (non-hydrogen) atoms. The molecule has 1 amide bonds. The van der Waals surface area contributed by atoms with Gasteiger partial charge in [0.05, 0.1) is 5.56 Å². The van der Waals surface area contributed by atoms with Crippen LogP contribution in [0.2, 0.25) is 0 Å². The highest BCUT2D eigenvalue weighted by molar-refractivity contribution is 6.06. The Kier molecular flexibility index (Phi) is 4.11. The molecule has 1 saturated carbocycles. The fourth-order valence-corrected chi connectivity index (χ4v) is 2.96. The zero-order valence-electron chi connectivity index (χ0n) is 13.1. The normalized spacial score (nSPS) is 16.2. The van der Waals surface area contributed by atoms with Crippen LogP contribution in [0.1, 0.15) is 30.1 Å². The number of hydrogen-bond donors (Lipinski definition) is 1. The highest BCUT2D eigenvalue weighted by atomic mass is 19.4. The molecule has 1 N–H and O–H groups in total. The largest absolute Gasteiger partial charge is 0.406 e. The van der Waals surface area contributed by atoms with Gasteiger partial charge in [0, 0.05) is 23.0 Å². The van der Waals surface area contributed by atoms with E-state index >= 15 is 0 Å². The summed E-state index contributed by atoms with van der Waals surface area (Å²) in [6, 6.07) is 7.16. The molecule has 128 valence electrons. The van der Waals surface area contributed by atoms with Crippen molar-refractivity contribution in [1.29, 1.82) is 0 Å². The Hall–Kier alpha value is -2.31. The van der Waals surface area contributed by atoms with Crippen molar-refractivity contribution in [2.75, 3.05) is 6.54 Å². The van der Waals surface area contributed by atoms with Gasteiger partial charge in [-0.1, -0.05) is 18.2 Å². The van der Waals surface area contributed by atoms with Gasteiger partial charge in [-0.15, -0.1) is 0 Å². The molecule has 4 nitrogen and oxygen atoms in total. The standard InChI is InChI=1S/C17H17F3N2O2/c1-10(11-6-7-11)22(9-17(18,19)20)16(24)13-8-15(23)21-14-5-3-2-4-12(13)14/h2-5,8,10-11H,6-7,9H2,1H3,(H,21,23)/t10-/m1/s1.